The van der Waals surface area contributed by atoms with Crippen LogP contribution in [0, 0.1) is 11.7 Å². The molecule has 1 aromatic rings. The Labute approximate surface area is 122 Å². The number of anilines is 1. The van der Waals surface area contributed by atoms with E-state index in [4.69, 9.17) is 5.73 Å². The van der Waals surface area contributed by atoms with E-state index in [0.29, 0.717) is 12.8 Å². The number of amides is 1. The van der Waals surface area contributed by atoms with Crippen molar-refractivity contribution < 1.29 is 19.1 Å². The molecule has 0 aromatic heterocycles. The molecule has 5 nitrogen and oxygen atoms in total. The van der Waals surface area contributed by atoms with E-state index in [1.54, 1.807) is 0 Å². The quantitative estimate of drug-likeness (QED) is 0.588. The van der Waals surface area contributed by atoms with Gasteiger partial charge in [0.25, 0.3) is 5.91 Å². The van der Waals surface area contributed by atoms with E-state index in [0.717, 1.165) is 19.3 Å². The highest BCUT2D eigenvalue weighted by Crippen LogP contribution is 2.25. The number of nitrogens with one attached hydrogen (secondary N) is 1. The summed E-state index contributed by atoms with van der Waals surface area (Å²) in [6.45, 7) is 0. The number of hydrogen-bond acceptors (Lipinski definition) is 3. The monoisotopic (exact) mass is 294 g/mol. The van der Waals surface area contributed by atoms with Crippen LogP contribution in [0.4, 0.5) is 10.1 Å². The molecule has 6 heteroatoms. The van der Waals surface area contributed by atoms with Crippen LogP contribution in [0.3, 0.4) is 0 Å². The highest BCUT2D eigenvalue weighted by molar-refractivity contribution is 5.99. The third-order valence-electron chi connectivity index (χ3n) is 3.95. The van der Waals surface area contributed by atoms with E-state index in [1.165, 1.54) is 18.2 Å². The van der Waals surface area contributed by atoms with E-state index < -0.39 is 29.7 Å². The Morgan fingerprint density at radius 2 is 1.95 bits per heavy atom. The van der Waals surface area contributed by atoms with Gasteiger partial charge in [0.2, 0.25) is 0 Å². The number of carboxylic acid groups (broad SMARTS) is 1. The largest absolute Gasteiger partial charge is 0.481 e. The SMILES string of the molecule is Nc1c(F)cccc1C(=O)NC1CCCCCC1C(=O)O. The van der Waals surface area contributed by atoms with E-state index in [2.05, 4.69) is 5.32 Å². The Bertz CT molecular complexity index is 548. The van der Waals surface area contributed by atoms with Crippen LogP contribution in [0.1, 0.15) is 42.5 Å². The zero-order valence-electron chi connectivity index (χ0n) is 11.6. The molecular weight excluding hydrogens is 275 g/mol. The topological polar surface area (TPSA) is 92.4 Å². The number of carbonyl (C=O) groups excluding carboxylic acids is 1. The van der Waals surface area contributed by atoms with Crippen molar-refractivity contribution in [3.63, 3.8) is 0 Å². The number of carbonyl (C=O) groups is 2. The fraction of sp³-hybridized carbons (Fsp3) is 0.467. The van der Waals surface area contributed by atoms with Gasteiger partial charge in [0, 0.05) is 6.04 Å². The molecule has 0 saturated heterocycles. The smallest absolute Gasteiger partial charge is 0.308 e. The third kappa shape index (κ3) is 3.51. The second-order valence-electron chi connectivity index (χ2n) is 5.36. The van der Waals surface area contributed by atoms with Crippen molar-refractivity contribution in [2.75, 3.05) is 5.73 Å². The lowest BCUT2D eigenvalue weighted by Crippen LogP contribution is -2.43. The maximum Gasteiger partial charge on any atom is 0.308 e. The molecule has 2 rings (SSSR count). The first-order valence-electron chi connectivity index (χ1n) is 7.08. The van der Waals surface area contributed by atoms with Crippen molar-refractivity contribution in [2.24, 2.45) is 5.92 Å². The zero-order chi connectivity index (χ0) is 15.4. The number of rotatable bonds is 3. The lowest BCUT2D eigenvalue weighted by Gasteiger charge is -2.23. The van der Waals surface area contributed by atoms with Gasteiger partial charge in [0.1, 0.15) is 5.82 Å². The van der Waals surface area contributed by atoms with Crippen molar-refractivity contribution in [1.82, 2.24) is 5.32 Å². The van der Waals surface area contributed by atoms with Gasteiger partial charge in [-0.05, 0) is 25.0 Å². The summed E-state index contributed by atoms with van der Waals surface area (Å²) in [4.78, 5) is 23.5. The molecule has 1 saturated carbocycles. The van der Waals surface area contributed by atoms with Crippen LogP contribution in [0.2, 0.25) is 0 Å². The zero-order valence-corrected chi connectivity index (χ0v) is 11.6. The summed E-state index contributed by atoms with van der Waals surface area (Å²) in [6.07, 6.45) is 3.81. The minimum atomic E-state index is -0.908. The van der Waals surface area contributed by atoms with Gasteiger partial charge in [-0.2, -0.15) is 0 Å². The van der Waals surface area contributed by atoms with Crippen LogP contribution in [0.5, 0.6) is 0 Å². The van der Waals surface area contributed by atoms with Crippen molar-refractivity contribution in [3.8, 4) is 0 Å². The van der Waals surface area contributed by atoms with Crippen molar-refractivity contribution >= 4 is 17.6 Å². The van der Waals surface area contributed by atoms with Crippen LogP contribution in [-0.4, -0.2) is 23.0 Å². The average Bonchev–Trinajstić information content (AvgIpc) is 2.67. The summed E-state index contributed by atoms with van der Waals surface area (Å²) in [5, 5.41) is 12.0. The minimum Gasteiger partial charge on any atom is -0.481 e. The number of halogens is 1. The summed E-state index contributed by atoms with van der Waals surface area (Å²) in [7, 11) is 0. The van der Waals surface area contributed by atoms with Crippen LogP contribution in [-0.2, 0) is 4.79 Å². The Morgan fingerprint density at radius 1 is 1.24 bits per heavy atom. The fourth-order valence-corrected chi connectivity index (χ4v) is 2.76. The second-order valence-corrected chi connectivity index (χ2v) is 5.36. The molecule has 2 unspecified atom stereocenters. The van der Waals surface area contributed by atoms with E-state index >= 15 is 0 Å². The van der Waals surface area contributed by atoms with Gasteiger partial charge in [-0.3, -0.25) is 9.59 Å². The van der Waals surface area contributed by atoms with Gasteiger partial charge in [0.05, 0.1) is 17.2 Å². The summed E-state index contributed by atoms with van der Waals surface area (Å²) in [5.74, 6) is -2.69. The molecule has 0 heterocycles. The molecule has 1 aliphatic rings. The molecule has 1 aliphatic carbocycles. The first kappa shape index (κ1) is 15.3. The number of hydrogen-bond donors (Lipinski definition) is 3. The number of benzene rings is 1. The predicted octanol–water partition coefficient (Wildman–Crippen LogP) is 2.17. The number of nitrogens with two attached hydrogens (primary N) is 1. The molecule has 0 aliphatic heterocycles. The summed E-state index contributed by atoms with van der Waals surface area (Å²) in [6, 6.07) is 3.57. The van der Waals surface area contributed by atoms with Gasteiger partial charge in [-0.25, -0.2) is 4.39 Å². The molecular formula is C15H19FN2O3. The maximum absolute atomic E-state index is 13.4. The standard InChI is InChI=1S/C15H19FN2O3/c16-11-7-4-6-10(13(11)17)14(19)18-12-8-3-1-2-5-9(12)15(20)21/h4,6-7,9,12H,1-3,5,8,17H2,(H,18,19)(H,20,21). The summed E-state index contributed by atoms with van der Waals surface area (Å²) in [5.41, 5.74) is 5.39. The van der Waals surface area contributed by atoms with E-state index in [1.807, 2.05) is 0 Å². The van der Waals surface area contributed by atoms with Crippen molar-refractivity contribution in [3.05, 3.63) is 29.6 Å². The number of nitrogen functional groups attached to an aromatic ring is 1. The van der Waals surface area contributed by atoms with Gasteiger partial charge >= 0.3 is 5.97 Å². The van der Waals surface area contributed by atoms with Gasteiger partial charge in [-0.15, -0.1) is 0 Å². The Hall–Kier alpha value is -2.11. The van der Waals surface area contributed by atoms with E-state index in [9.17, 15) is 19.1 Å². The number of para-hydroxylation sites is 1. The summed E-state index contributed by atoms with van der Waals surface area (Å²) >= 11 is 0. The highest BCUT2D eigenvalue weighted by atomic mass is 19.1. The molecule has 0 radical (unpaired) electrons. The fourth-order valence-electron chi connectivity index (χ4n) is 2.76. The lowest BCUT2D eigenvalue weighted by atomic mass is 9.94. The molecule has 0 bridgehead atoms. The Kier molecular flexibility index (Phi) is 4.77. The number of aliphatic carboxylic acids is 1. The maximum atomic E-state index is 13.4. The van der Waals surface area contributed by atoms with E-state index in [-0.39, 0.29) is 11.3 Å². The van der Waals surface area contributed by atoms with Gasteiger partial charge in [-0.1, -0.05) is 25.3 Å². The molecule has 1 aromatic carbocycles. The highest BCUT2D eigenvalue weighted by Gasteiger charge is 2.31. The van der Waals surface area contributed by atoms with Crippen LogP contribution in [0.15, 0.2) is 18.2 Å². The average molecular weight is 294 g/mol. The van der Waals surface area contributed by atoms with Crippen molar-refractivity contribution in [1.29, 1.82) is 0 Å². The van der Waals surface area contributed by atoms with Crippen LogP contribution in [0.25, 0.3) is 0 Å². The first-order chi connectivity index (χ1) is 10.0. The van der Waals surface area contributed by atoms with Crippen LogP contribution < -0.4 is 11.1 Å². The minimum absolute atomic E-state index is 0.0448. The molecule has 4 N–H and O–H groups in total. The molecule has 1 fully saturated rings. The summed E-state index contributed by atoms with van der Waals surface area (Å²) < 4.78 is 13.4. The van der Waals surface area contributed by atoms with Crippen molar-refractivity contribution in [2.45, 2.75) is 38.1 Å². The lowest BCUT2D eigenvalue weighted by molar-refractivity contribution is -0.142. The second kappa shape index (κ2) is 6.56. The first-order valence-corrected chi connectivity index (χ1v) is 7.08. The van der Waals surface area contributed by atoms with Gasteiger partial charge < -0.3 is 16.2 Å². The molecule has 1 amide bonds. The number of carboxylic acids is 1. The van der Waals surface area contributed by atoms with Crippen LogP contribution >= 0.6 is 0 Å². The third-order valence-corrected chi connectivity index (χ3v) is 3.95. The Balaban J connectivity index is 2.16. The molecule has 2 atom stereocenters. The predicted molar refractivity (Wildman–Crippen MR) is 76.3 cm³/mol. The normalized spacial score (nSPS) is 22.3. The molecule has 0 spiro atoms. The Morgan fingerprint density at radius 3 is 2.67 bits per heavy atom. The molecule has 21 heavy (non-hydrogen) atoms. The van der Waals surface area contributed by atoms with Gasteiger partial charge in [0.15, 0.2) is 0 Å². The molecule has 114 valence electrons.